The maximum Gasteiger partial charge on any atom is 0.331 e. The van der Waals surface area contributed by atoms with Crippen LogP contribution in [0.3, 0.4) is 0 Å². The van der Waals surface area contributed by atoms with E-state index in [1.165, 1.54) is 17.1 Å². The van der Waals surface area contributed by atoms with Crippen molar-refractivity contribution < 1.29 is 14.3 Å². The summed E-state index contributed by atoms with van der Waals surface area (Å²) in [6, 6.07) is 3.17. The molecule has 1 aliphatic heterocycles. The Bertz CT molecular complexity index is 1230. The van der Waals surface area contributed by atoms with Crippen molar-refractivity contribution in [1.29, 1.82) is 0 Å². The quantitative estimate of drug-likeness (QED) is 0.598. The minimum Gasteiger partial charge on any atom is -0.481 e. The SMILES string of the molecule is O=C(O)C1CCCN(CCn2c(=O)c3cc(F)c(NC4CCCCC4)cc3n(C3CCCC3)c2=O)C1. The van der Waals surface area contributed by atoms with Gasteiger partial charge in [0.05, 0.1) is 22.5 Å². The highest BCUT2D eigenvalue weighted by atomic mass is 19.1. The number of carboxylic acids is 1. The van der Waals surface area contributed by atoms with Crippen molar-refractivity contribution in [2.24, 2.45) is 5.92 Å². The van der Waals surface area contributed by atoms with Gasteiger partial charge < -0.3 is 15.3 Å². The number of halogens is 1. The molecule has 0 radical (unpaired) electrons. The maximum absolute atomic E-state index is 15.2. The summed E-state index contributed by atoms with van der Waals surface area (Å²) in [7, 11) is 0. The van der Waals surface area contributed by atoms with Crippen LogP contribution < -0.4 is 16.6 Å². The number of hydrogen-bond acceptors (Lipinski definition) is 5. The third-order valence-corrected chi connectivity index (χ3v) is 8.41. The van der Waals surface area contributed by atoms with Crippen molar-refractivity contribution in [2.75, 3.05) is 25.0 Å². The number of benzene rings is 1. The fourth-order valence-electron chi connectivity index (χ4n) is 6.39. The van der Waals surface area contributed by atoms with Crippen LogP contribution in [0.2, 0.25) is 0 Å². The molecule has 2 aromatic rings. The number of carboxylic acid groups (broad SMARTS) is 1. The zero-order valence-corrected chi connectivity index (χ0v) is 20.9. The van der Waals surface area contributed by atoms with Gasteiger partial charge in [-0.1, -0.05) is 32.1 Å². The van der Waals surface area contributed by atoms with Crippen LogP contribution in [0.4, 0.5) is 10.1 Å². The van der Waals surface area contributed by atoms with Gasteiger partial charge in [0.15, 0.2) is 0 Å². The number of nitrogens with one attached hydrogen (secondary N) is 1. The zero-order valence-electron chi connectivity index (χ0n) is 20.9. The summed E-state index contributed by atoms with van der Waals surface area (Å²) in [5.74, 6) is -1.70. The fraction of sp³-hybridized carbons (Fsp3) is 0.667. The van der Waals surface area contributed by atoms with Gasteiger partial charge in [0.25, 0.3) is 5.56 Å². The molecule has 0 bridgehead atoms. The van der Waals surface area contributed by atoms with Crippen LogP contribution in [0.1, 0.15) is 76.7 Å². The van der Waals surface area contributed by atoms with Crippen molar-refractivity contribution in [1.82, 2.24) is 14.0 Å². The number of anilines is 1. The predicted molar refractivity (Wildman–Crippen MR) is 137 cm³/mol. The van der Waals surface area contributed by atoms with E-state index < -0.39 is 23.3 Å². The Morgan fingerprint density at radius 2 is 1.69 bits per heavy atom. The third-order valence-electron chi connectivity index (χ3n) is 8.41. The van der Waals surface area contributed by atoms with Crippen LogP contribution in [0.25, 0.3) is 10.9 Å². The number of likely N-dealkylation sites (tertiary alicyclic amines) is 1. The molecule has 1 aromatic carbocycles. The molecule has 8 nitrogen and oxygen atoms in total. The lowest BCUT2D eigenvalue weighted by atomic mass is 9.95. The van der Waals surface area contributed by atoms with E-state index in [4.69, 9.17) is 0 Å². The Labute approximate surface area is 210 Å². The van der Waals surface area contributed by atoms with Gasteiger partial charge in [0, 0.05) is 31.7 Å². The van der Waals surface area contributed by atoms with Gasteiger partial charge in [-0.2, -0.15) is 0 Å². The van der Waals surface area contributed by atoms with Crippen molar-refractivity contribution in [3.8, 4) is 0 Å². The van der Waals surface area contributed by atoms with E-state index in [0.717, 1.165) is 64.3 Å². The lowest BCUT2D eigenvalue weighted by Gasteiger charge is -2.30. The molecule has 9 heteroatoms. The highest BCUT2D eigenvalue weighted by Gasteiger charge is 2.27. The molecule has 2 N–H and O–H groups in total. The van der Waals surface area contributed by atoms with Gasteiger partial charge in [0.2, 0.25) is 0 Å². The molecule has 2 aliphatic carbocycles. The smallest absolute Gasteiger partial charge is 0.331 e. The molecule has 0 amide bonds. The van der Waals surface area contributed by atoms with Gasteiger partial charge in [-0.25, -0.2) is 9.18 Å². The summed E-state index contributed by atoms with van der Waals surface area (Å²) in [5, 5.41) is 13.0. The number of piperidine rings is 1. The number of fused-ring (bicyclic) bond motifs is 1. The second kappa shape index (κ2) is 10.7. The Morgan fingerprint density at radius 3 is 2.42 bits per heavy atom. The Hall–Kier alpha value is -2.68. The van der Waals surface area contributed by atoms with E-state index in [1.807, 2.05) is 4.90 Å². The first-order valence-corrected chi connectivity index (χ1v) is 13.6. The summed E-state index contributed by atoms with van der Waals surface area (Å²) in [6.07, 6.45) is 10.6. The minimum atomic E-state index is -0.806. The minimum absolute atomic E-state index is 0.00813. The summed E-state index contributed by atoms with van der Waals surface area (Å²) in [5.41, 5.74) is 0.0584. The number of aromatic nitrogens is 2. The molecular weight excluding hydrogens is 463 g/mol. The summed E-state index contributed by atoms with van der Waals surface area (Å²) < 4.78 is 18.2. The van der Waals surface area contributed by atoms with Gasteiger partial charge in [-0.05, 0) is 57.2 Å². The van der Waals surface area contributed by atoms with E-state index >= 15 is 4.39 Å². The lowest BCUT2D eigenvalue weighted by molar-refractivity contribution is -0.143. The second-order valence-corrected chi connectivity index (χ2v) is 10.9. The maximum atomic E-state index is 15.2. The molecular formula is C27H37FN4O4. The van der Waals surface area contributed by atoms with E-state index in [9.17, 15) is 19.5 Å². The molecule has 1 atom stereocenters. The molecule has 3 fully saturated rings. The number of rotatable bonds is 7. The summed E-state index contributed by atoms with van der Waals surface area (Å²) in [6.45, 7) is 1.74. The standard InChI is InChI=1S/C27H37FN4O4/c28-22-15-21-24(16-23(22)29-19-8-2-1-3-9-19)32(20-10-4-5-11-20)27(36)31(25(21)33)14-13-30-12-6-7-18(17-30)26(34)35/h15-16,18-20,29H,1-14,17H2,(H,34,35). The van der Waals surface area contributed by atoms with Crippen LogP contribution in [-0.2, 0) is 11.3 Å². The summed E-state index contributed by atoms with van der Waals surface area (Å²) in [4.78, 5) is 40.6. The van der Waals surface area contributed by atoms with Crippen LogP contribution in [0.5, 0.6) is 0 Å². The van der Waals surface area contributed by atoms with Gasteiger partial charge >= 0.3 is 11.7 Å². The fourth-order valence-corrected chi connectivity index (χ4v) is 6.39. The lowest BCUT2D eigenvalue weighted by Crippen LogP contribution is -2.45. The Morgan fingerprint density at radius 1 is 0.972 bits per heavy atom. The van der Waals surface area contributed by atoms with E-state index in [2.05, 4.69) is 5.32 Å². The molecule has 5 rings (SSSR count). The third kappa shape index (κ3) is 5.08. The normalized spacial score (nSPS) is 22.3. The highest BCUT2D eigenvalue weighted by molar-refractivity contribution is 5.82. The van der Waals surface area contributed by atoms with Crippen molar-refractivity contribution in [2.45, 2.75) is 89.3 Å². The molecule has 2 heterocycles. The van der Waals surface area contributed by atoms with E-state index in [-0.39, 0.29) is 29.7 Å². The first-order chi connectivity index (χ1) is 17.4. The molecule has 0 spiro atoms. The van der Waals surface area contributed by atoms with Crippen LogP contribution >= 0.6 is 0 Å². The average molecular weight is 501 g/mol. The molecule has 1 saturated heterocycles. The summed E-state index contributed by atoms with van der Waals surface area (Å²) >= 11 is 0. The van der Waals surface area contributed by atoms with E-state index in [1.54, 1.807) is 10.6 Å². The van der Waals surface area contributed by atoms with Gasteiger partial charge in [0.1, 0.15) is 5.82 Å². The zero-order chi connectivity index (χ0) is 25.2. The number of nitrogens with zero attached hydrogens (tertiary/aromatic N) is 3. The van der Waals surface area contributed by atoms with Crippen LogP contribution in [0.15, 0.2) is 21.7 Å². The van der Waals surface area contributed by atoms with Crippen molar-refractivity contribution in [3.63, 3.8) is 0 Å². The highest BCUT2D eigenvalue weighted by Crippen LogP contribution is 2.32. The molecule has 36 heavy (non-hydrogen) atoms. The Balaban J connectivity index is 1.50. The Kier molecular flexibility index (Phi) is 7.46. The molecule has 1 unspecified atom stereocenters. The van der Waals surface area contributed by atoms with Crippen molar-refractivity contribution in [3.05, 3.63) is 38.8 Å². The number of aliphatic carboxylic acids is 1. The van der Waals surface area contributed by atoms with Crippen LogP contribution in [0, 0.1) is 11.7 Å². The molecule has 196 valence electrons. The molecule has 1 aromatic heterocycles. The first-order valence-electron chi connectivity index (χ1n) is 13.6. The second-order valence-electron chi connectivity index (χ2n) is 10.9. The van der Waals surface area contributed by atoms with Gasteiger partial charge in [-0.15, -0.1) is 0 Å². The first kappa shape index (κ1) is 25.0. The number of hydrogen-bond donors (Lipinski definition) is 2. The monoisotopic (exact) mass is 500 g/mol. The largest absolute Gasteiger partial charge is 0.481 e. The number of carbonyl (C=O) groups is 1. The van der Waals surface area contributed by atoms with Crippen LogP contribution in [-0.4, -0.2) is 50.8 Å². The molecule has 2 saturated carbocycles. The van der Waals surface area contributed by atoms with Crippen molar-refractivity contribution >= 4 is 22.6 Å². The van der Waals surface area contributed by atoms with E-state index in [0.29, 0.717) is 30.7 Å². The predicted octanol–water partition coefficient (Wildman–Crippen LogP) is 3.96. The average Bonchev–Trinajstić information content (AvgIpc) is 3.40. The topological polar surface area (TPSA) is 96.6 Å². The molecule has 3 aliphatic rings. The van der Waals surface area contributed by atoms with Gasteiger partial charge in [-0.3, -0.25) is 18.7 Å².